The van der Waals surface area contributed by atoms with E-state index in [9.17, 15) is 4.79 Å². The monoisotopic (exact) mass is 280 g/mol. The van der Waals surface area contributed by atoms with Gasteiger partial charge in [0.1, 0.15) is 0 Å². The van der Waals surface area contributed by atoms with Crippen molar-refractivity contribution in [3.05, 3.63) is 65.5 Å². The molecule has 0 fully saturated rings. The maximum Gasteiger partial charge on any atom is 0.335 e. The summed E-state index contributed by atoms with van der Waals surface area (Å²) in [5.41, 5.74) is 4.37. The Balaban J connectivity index is 2.09. The Hall–Kier alpha value is -2.62. The van der Waals surface area contributed by atoms with Crippen molar-refractivity contribution in [3.8, 4) is 0 Å². The average molecular weight is 280 g/mol. The van der Waals surface area contributed by atoms with Crippen LogP contribution in [0.2, 0.25) is 0 Å². The molecule has 1 N–H and O–H groups in total. The van der Waals surface area contributed by atoms with Crippen molar-refractivity contribution in [2.24, 2.45) is 0 Å². The van der Waals surface area contributed by atoms with Crippen molar-refractivity contribution in [2.75, 3.05) is 0 Å². The van der Waals surface area contributed by atoms with Gasteiger partial charge in [0, 0.05) is 0 Å². The lowest BCUT2D eigenvalue weighted by molar-refractivity contribution is 0.0697. The maximum atomic E-state index is 11.0. The largest absolute Gasteiger partial charge is 0.478 e. The molecule has 0 spiro atoms. The summed E-state index contributed by atoms with van der Waals surface area (Å²) in [5.74, 6) is -0.932. The summed E-state index contributed by atoms with van der Waals surface area (Å²) in [6, 6.07) is 13.4. The second-order valence-corrected chi connectivity index (χ2v) is 5.19. The molecule has 106 valence electrons. The van der Waals surface area contributed by atoms with Crippen LogP contribution in [-0.4, -0.2) is 20.6 Å². The Labute approximate surface area is 122 Å². The minimum absolute atomic E-state index is 0.145. The molecule has 21 heavy (non-hydrogen) atoms. The summed E-state index contributed by atoms with van der Waals surface area (Å²) in [5, 5.41) is 9.04. The van der Waals surface area contributed by atoms with Crippen LogP contribution in [0.3, 0.4) is 0 Å². The van der Waals surface area contributed by atoms with Gasteiger partial charge in [0.05, 0.1) is 29.0 Å². The van der Waals surface area contributed by atoms with Gasteiger partial charge < -0.3 is 9.67 Å². The van der Waals surface area contributed by atoms with Crippen molar-refractivity contribution < 1.29 is 9.90 Å². The molecule has 1 atom stereocenters. The van der Waals surface area contributed by atoms with Gasteiger partial charge >= 0.3 is 5.97 Å². The van der Waals surface area contributed by atoms with E-state index in [2.05, 4.69) is 35.5 Å². The third-order valence-corrected chi connectivity index (χ3v) is 3.88. The molecule has 0 radical (unpaired) electrons. The lowest BCUT2D eigenvalue weighted by Crippen LogP contribution is -2.07. The molecular weight excluding hydrogens is 264 g/mol. The highest BCUT2D eigenvalue weighted by atomic mass is 16.4. The van der Waals surface area contributed by atoms with Crippen LogP contribution in [0.15, 0.2) is 48.8 Å². The van der Waals surface area contributed by atoms with Crippen LogP contribution in [-0.2, 0) is 0 Å². The molecule has 0 aliphatic carbocycles. The van der Waals surface area contributed by atoms with Gasteiger partial charge in [-0.05, 0) is 43.2 Å². The van der Waals surface area contributed by atoms with Gasteiger partial charge in [-0.15, -0.1) is 0 Å². The predicted molar refractivity (Wildman–Crippen MR) is 81.7 cm³/mol. The molecule has 0 saturated heterocycles. The molecule has 4 nitrogen and oxygen atoms in total. The van der Waals surface area contributed by atoms with Crippen molar-refractivity contribution in [1.82, 2.24) is 9.55 Å². The minimum Gasteiger partial charge on any atom is -0.478 e. The molecule has 1 aromatic heterocycles. The molecule has 3 rings (SSSR count). The Morgan fingerprint density at radius 2 is 2.00 bits per heavy atom. The smallest absolute Gasteiger partial charge is 0.335 e. The van der Waals surface area contributed by atoms with E-state index in [0.29, 0.717) is 5.52 Å². The molecule has 4 heteroatoms. The highest BCUT2D eigenvalue weighted by Crippen LogP contribution is 2.25. The van der Waals surface area contributed by atoms with Crippen molar-refractivity contribution >= 4 is 17.0 Å². The number of carboxylic acids is 1. The first kappa shape index (κ1) is 13.4. The first-order chi connectivity index (χ1) is 10.1. The lowest BCUT2D eigenvalue weighted by Gasteiger charge is -2.17. The van der Waals surface area contributed by atoms with E-state index in [1.54, 1.807) is 18.5 Å². The van der Waals surface area contributed by atoms with Gasteiger partial charge in [0.25, 0.3) is 0 Å². The quantitative estimate of drug-likeness (QED) is 0.796. The zero-order valence-electron chi connectivity index (χ0n) is 11.9. The normalized spacial score (nSPS) is 12.5. The number of aryl methyl sites for hydroxylation is 1. The number of hydrogen-bond donors (Lipinski definition) is 1. The highest BCUT2D eigenvalue weighted by molar-refractivity contribution is 5.92. The summed E-state index contributed by atoms with van der Waals surface area (Å²) in [6.45, 7) is 4.21. The van der Waals surface area contributed by atoms with E-state index >= 15 is 0 Å². The van der Waals surface area contributed by atoms with Gasteiger partial charge in [-0.3, -0.25) is 0 Å². The number of aromatic nitrogens is 2. The second kappa shape index (κ2) is 5.05. The molecule has 1 heterocycles. The summed E-state index contributed by atoms with van der Waals surface area (Å²) in [7, 11) is 0. The van der Waals surface area contributed by atoms with E-state index in [1.165, 1.54) is 11.1 Å². The Kier molecular flexibility index (Phi) is 3.22. The van der Waals surface area contributed by atoms with Gasteiger partial charge in [0.2, 0.25) is 0 Å². The zero-order valence-corrected chi connectivity index (χ0v) is 11.9. The van der Waals surface area contributed by atoms with Crippen LogP contribution in [0, 0.1) is 6.92 Å². The molecule has 0 bridgehead atoms. The molecule has 1 unspecified atom stereocenters. The van der Waals surface area contributed by atoms with E-state index in [0.717, 1.165) is 5.52 Å². The topological polar surface area (TPSA) is 55.1 Å². The second-order valence-electron chi connectivity index (χ2n) is 5.19. The van der Waals surface area contributed by atoms with E-state index in [1.807, 2.05) is 18.2 Å². The third-order valence-electron chi connectivity index (χ3n) is 3.88. The first-order valence-corrected chi connectivity index (χ1v) is 6.83. The number of fused-ring (bicyclic) bond motifs is 1. The predicted octanol–water partition coefficient (Wildman–Crippen LogP) is 3.65. The van der Waals surface area contributed by atoms with Crippen LogP contribution in [0.4, 0.5) is 0 Å². The minimum atomic E-state index is -0.932. The van der Waals surface area contributed by atoms with Gasteiger partial charge in [-0.1, -0.05) is 24.3 Å². The Morgan fingerprint density at radius 3 is 2.71 bits per heavy atom. The maximum absolute atomic E-state index is 11.0. The van der Waals surface area contributed by atoms with E-state index < -0.39 is 5.97 Å². The molecule has 0 aliphatic heterocycles. The van der Waals surface area contributed by atoms with Gasteiger partial charge in [-0.2, -0.15) is 0 Å². The van der Waals surface area contributed by atoms with Crippen molar-refractivity contribution in [2.45, 2.75) is 19.9 Å². The molecule has 0 aliphatic rings. The van der Waals surface area contributed by atoms with Gasteiger partial charge in [-0.25, -0.2) is 9.78 Å². The fourth-order valence-electron chi connectivity index (χ4n) is 2.68. The first-order valence-electron chi connectivity index (χ1n) is 6.83. The Bertz CT molecular complexity index is 821. The number of rotatable bonds is 3. The van der Waals surface area contributed by atoms with Crippen molar-refractivity contribution in [1.29, 1.82) is 0 Å². The number of hydrogen-bond acceptors (Lipinski definition) is 2. The average Bonchev–Trinajstić information content (AvgIpc) is 2.90. The number of carboxylic acid groups (broad SMARTS) is 1. The summed E-state index contributed by atoms with van der Waals surface area (Å²) < 4.78 is 2.07. The van der Waals surface area contributed by atoms with E-state index in [-0.39, 0.29) is 11.6 Å². The fourth-order valence-corrected chi connectivity index (χ4v) is 2.68. The summed E-state index contributed by atoms with van der Waals surface area (Å²) in [4.78, 5) is 15.4. The molecule has 2 aromatic carbocycles. The lowest BCUT2D eigenvalue weighted by atomic mass is 10.0. The standard InChI is InChI=1S/C17H16N2O2/c1-11-5-3-4-6-14(11)12(2)19-10-18-15-9-13(17(20)21)7-8-16(15)19/h3-10,12H,1-2H3,(H,20,21). The highest BCUT2D eigenvalue weighted by Gasteiger charge is 2.14. The summed E-state index contributed by atoms with van der Waals surface area (Å²) in [6.07, 6.45) is 1.77. The number of carbonyl (C=O) groups is 1. The van der Waals surface area contributed by atoms with Crippen LogP contribution in [0.5, 0.6) is 0 Å². The van der Waals surface area contributed by atoms with Crippen LogP contribution < -0.4 is 0 Å². The zero-order chi connectivity index (χ0) is 15.0. The number of imidazole rings is 1. The van der Waals surface area contributed by atoms with Gasteiger partial charge in [0.15, 0.2) is 0 Å². The molecule has 3 aromatic rings. The molecule has 0 saturated carbocycles. The van der Waals surface area contributed by atoms with Crippen molar-refractivity contribution in [3.63, 3.8) is 0 Å². The summed E-state index contributed by atoms with van der Waals surface area (Å²) >= 11 is 0. The van der Waals surface area contributed by atoms with E-state index in [4.69, 9.17) is 5.11 Å². The van der Waals surface area contributed by atoms with Crippen LogP contribution in [0.1, 0.15) is 34.5 Å². The number of nitrogens with zero attached hydrogens (tertiary/aromatic N) is 2. The van der Waals surface area contributed by atoms with Crippen LogP contribution in [0.25, 0.3) is 11.0 Å². The fraction of sp³-hybridized carbons (Fsp3) is 0.176. The molecule has 0 amide bonds. The Morgan fingerprint density at radius 1 is 1.24 bits per heavy atom. The SMILES string of the molecule is Cc1ccccc1C(C)n1cnc2cc(C(=O)O)ccc21. The molecular formula is C17H16N2O2. The number of aromatic carboxylic acids is 1. The van der Waals surface area contributed by atoms with Crippen LogP contribution >= 0.6 is 0 Å². The number of benzene rings is 2. The third kappa shape index (κ3) is 2.29.